The number of nitrogens with one attached hydrogen (secondary N) is 1. The monoisotopic (exact) mass is 196 g/mol. The molecule has 13 heavy (non-hydrogen) atoms. The molecule has 1 N–H and O–H groups in total. The molecule has 1 aromatic rings. The second-order valence-electron chi connectivity index (χ2n) is 2.96. The van der Waals surface area contributed by atoms with Crippen LogP contribution in [-0.2, 0) is 16.7 Å². The van der Waals surface area contributed by atoms with Gasteiger partial charge in [0.05, 0.1) is 6.20 Å². The molecule has 1 fully saturated rings. The molecule has 1 aliphatic rings. The number of aromatic nitrogens is 2. The fourth-order valence-electron chi connectivity index (χ4n) is 1.40. The van der Waals surface area contributed by atoms with E-state index >= 15 is 0 Å². The first-order valence-corrected chi connectivity index (χ1v) is 5.03. The van der Waals surface area contributed by atoms with Gasteiger partial charge in [0.2, 0.25) is 6.29 Å². The minimum Gasteiger partial charge on any atom is -0.291 e. The fourth-order valence-corrected chi connectivity index (χ4v) is 2.44. The Bertz CT molecular complexity index is 317. The van der Waals surface area contributed by atoms with E-state index in [4.69, 9.17) is 0 Å². The molecular formula is C8H10N3OS. The summed E-state index contributed by atoms with van der Waals surface area (Å²) in [5.74, 6) is 0.935. The predicted octanol–water partition coefficient (Wildman–Crippen LogP) is 0.0190. The van der Waals surface area contributed by atoms with Crippen LogP contribution < -0.4 is 5.32 Å². The van der Waals surface area contributed by atoms with Crippen molar-refractivity contribution >= 4 is 18.0 Å². The third-order valence-electron chi connectivity index (χ3n) is 2.05. The maximum Gasteiger partial charge on any atom is 0.236 e. The third kappa shape index (κ3) is 1.38. The van der Waals surface area contributed by atoms with E-state index in [9.17, 15) is 4.79 Å². The number of rotatable bonds is 2. The van der Waals surface area contributed by atoms with Gasteiger partial charge in [0, 0.05) is 31.1 Å². The molecule has 1 radical (unpaired) electrons. The second kappa shape index (κ2) is 3.16. The van der Waals surface area contributed by atoms with Crippen molar-refractivity contribution in [1.29, 1.82) is 0 Å². The molecule has 0 spiro atoms. The number of hydrogen-bond acceptors (Lipinski definition) is 4. The Morgan fingerprint density at radius 3 is 3.15 bits per heavy atom. The van der Waals surface area contributed by atoms with Crippen LogP contribution in [0, 0.1) is 0 Å². The molecule has 1 unspecified atom stereocenters. The topological polar surface area (TPSA) is 46.9 Å². The van der Waals surface area contributed by atoms with Crippen LogP contribution in [0.5, 0.6) is 0 Å². The Labute approximate surface area is 80.7 Å². The highest BCUT2D eigenvalue weighted by molar-refractivity contribution is 8.01. The molecule has 0 amide bonds. The molecule has 4 nitrogen and oxygen atoms in total. The third-order valence-corrected chi connectivity index (χ3v) is 3.35. The van der Waals surface area contributed by atoms with Crippen molar-refractivity contribution in [2.24, 2.45) is 7.05 Å². The van der Waals surface area contributed by atoms with Gasteiger partial charge in [-0.3, -0.25) is 14.8 Å². The molecule has 0 aromatic carbocycles. The Kier molecular flexibility index (Phi) is 2.13. The van der Waals surface area contributed by atoms with Crippen LogP contribution in [0.25, 0.3) is 0 Å². The molecule has 1 saturated heterocycles. The number of aryl methyl sites for hydroxylation is 1. The Hall–Kier alpha value is -0.810. The van der Waals surface area contributed by atoms with E-state index in [0.717, 1.165) is 17.9 Å². The average molecular weight is 196 g/mol. The zero-order chi connectivity index (χ0) is 9.31. The smallest absolute Gasteiger partial charge is 0.236 e. The largest absolute Gasteiger partial charge is 0.291 e. The lowest BCUT2D eigenvalue weighted by molar-refractivity contribution is 0.517. The number of hydrogen-bond donors (Lipinski definition) is 1. The molecular weight excluding hydrogens is 186 g/mol. The summed E-state index contributed by atoms with van der Waals surface area (Å²) in [6.07, 6.45) is 5.60. The summed E-state index contributed by atoms with van der Waals surface area (Å²) in [6, 6.07) is 0. The van der Waals surface area contributed by atoms with Crippen LogP contribution in [0.1, 0.15) is 5.56 Å². The highest BCUT2D eigenvalue weighted by Gasteiger charge is 2.38. The van der Waals surface area contributed by atoms with Crippen LogP contribution in [0.4, 0.5) is 0 Å². The summed E-state index contributed by atoms with van der Waals surface area (Å²) in [5.41, 5.74) is 0.882. The van der Waals surface area contributed by atoms with Gasteiger partial charge in [0.25, 0.3) is 0 Å². The summed E-state index contributed by atoms with van der Waals surface area (Å²) < 4.78 is 1.69. The number of thioether (sulfide) groups is 1. The summed E-state index contributed by atoms with van der Waals surface area (Å²) >= 11 is 1.57. The molecule has 0 bridgehead atoms. The first kappa shape index (κ1) is 8.77. The predicted molar refractivity (Wildman–Crippen MR) is 51.0 cm³/mol. The van der Waals surface area contributed by atoms with Crippen molar-refractivity contribution in [2.75, 3.05) is 12.3 Å². The molecule has 2 rings (SSSR count). The van der Waals surface area contributed by atoms with Crippen molar-refractivity contribution < 1.29 is 4.79 Å². The molecule has 1 aromatic heterocycles. The van der Waals surface area contributed by atoms with E-state index in [1.807, 2.05) is 13.2 Å². The molecule has 0 saturated carbocycles. The van der Waals surface area contributed by atoms with Crippen molar-refractivity contribution in [3.8, 4) is 0 Å². The van der Waals surface area contributed by atoms with Crippen LogP contribution >= 0.6 is 11.8 Å². The lowest BCUT2D eigenvalue weighted by Gasteiger charge is -2.18. The minimum atomic E-state index is -0.672. The van der Waals surface area contributed by atoms with Gasteiger partial charge in [-0.15, -0.1) is 11.8 Å². The zero-order valence-corrected chi connectivity index (χ0v) is 8.10. The van der Waals surface area contributed by atoms with E-state index in [1.165, 1.54) is 0 Å². The molecule has 69 valence electrons. The molecule has 1 atom stereocenters. The van der Waals surface area contributed by atoms with E-state index in [0.29, 0.717) is 0 Å². The van der Waals surface area contributed by atoms with Crippen molar-refractivity contribution in [3.05, 3.63) is 18.0 Å². The van der Waals surface area contributed by atoms with Gasteiger partial charge in [0.15, 0.2) is 4.87 Å². The van der Waals surface area contributed by atoms with E-state index in [1.54, 1.807) is 22.6 Å². The Balaban J connectivity index is 2.35. The molecule has 0 aliphatic carbocycles. The van der Waals surface area contributed by atoms with Gasteiger partial charge >= 0.3 is 0 Å². The van der Waals surface area contributed by atoms with Crippen molar-refractivity contribution in [2.45, 2.75) is 4.87 Å². The molecule has 5 heteroatoms. The van der Waals surface area contributed by atoms with Crippen LogP contribution in [0.3, 0.4) is 0 Å². The normalized spacial score (nSPS) is 27.8. The van der Waals surface area contributed by atoms with Crippen LogP contribution in [0.15, 0.2) is 12.4 Å². The number of nitrogens with zero attached hydrogens (tertiary/aromatic N) is 2. The lowest BCUT2D eigenvalue weighted by Crippen LogP contribution is -2.35. The van der Waals surface area contributed by atoms with Gasteiger partial charge in [0.1, 0.15) is 0 Å². The van der Waals surface area contributed by atoms with Gasteiger partial charge in [-0.1, -0.05) is 0 Å². The highest BCUT2D eigenvalue weighted by atomic mass is 32.2. The van der Waals surface area contributed by atoms with Gasteiger partial charge in [-0.25, -0.2) is 0 Å². The Morgan fingerprint density at radius 2 is 2.69 bits per heavy atom. The fraction of sp³-hybridized carbons (Fsp3) is 0.500. The van der Waals surface area contributed by atoms with Gasteiger partial charge < -0.3 is 0 Å². The SMILES string of the molecule is Cn1cc(C2([C]=O)NCCS2)cn1. The van der Waals surface area contributed by atoms with E-state index < -0.39 is 4.87 Å². The molecule has 2 heterocycles. The summed E-state index contributed by atoms with van der Waals surface area (Å²) in [7, 11) is 1.83. The highest BCUT2D eigenvalue weighted by Crippen LogP contribution is 2.34. The maximum atomic E-state index is 10.9. The maximum absolute atomic E-state index is 10.9. The van der Waals surface area contributed by atoms with Crippen LogP contribution in [0.2, 0.25) is 0 Å². The second-order valence-corrected chi connectivity index (χ2v) is 4.27. The summed E-state index contributed by atoms with van der Waals surface area (Å²) in [4.78, 5) is 10.2. The summed E-state index contributed by atoms with van der Waals surface area (Å²) in [5, 5.41) is 7.17. The first-order chi connectivity index (χ1) is 6.27. The average Bonchev–Trinajstić information content (AvgIpc) is 2.73. The minimum absolute atomic E-state index is 0.672. The van der Waals surface area contributed by atoms with Crippen molar-refractivity contribution in [3.63, 3.8) is 0 Å². The summed E-state index contributed by atoms with van der Waals surface area (Å²) in [6.45, 7) is 0.842. The van der Waals surface area contributed by atoms with E-state index in [2.05, 4.69) is 16.7 Å². The van der Waals surface area contributed by atoms with Crippen molar-refractivity contribution in [1.82, 2.24) is 15.1 Å². The first-order valence-electron chi connectivity index (χ1n) is 4.04. The van der Waals surface area contributed by atoms with Crippen LogP contribution in [-0.4, -0.2) is 28.4 Å². The van der Waals surface area contributed by atoms with E-state index in [-0.39, 0.29) is 0 Å². The zero-order valence-electron chi connectivity index (χ0n) is 7.28. The lowest BCUT2D eigenvalue weighted by atomic mass is 10.2. The quantitative estimate of drug-likeness (QED) is 0.724. The van der Waals surface area contributed by atoms with Gasteiger partial charge in [-0.2, -0.15) is 5.10 Å². The molecule has 1 aliphatic heterocycles. The number of carbonyl (C=O) groups excluding carboxylic acids is 1. The standard InChI is InChI=1S/C8H10N3OS/c1-11-5-7(4-10-11)8(6-12)9-2-3-13-8/h4-5,9H,2-3H2,1H3. The van der Waals surface area contributed by atoms with Gasteiger partial charge in [-0.05, 0) is 0 Å². The Morgan fingerprint density at radius 1 is 1.85 bits per heavy atom.